The topological polar surface area (TPSA) is 60.2 Å². The van der Waals surface area contributed by atoms with Crippen LogP contribution in [0.3, 0.4) is 0 Å². The number of pyridine rings is 1. The molecule has 0 saturated carbocycles. The van der Waals surface area contributed by atoms with Crippen molar-refractivity contribution in [1.82, 2.24) is 19.4 Å². The summed E-state index contributed by atoms with van der Waals surface area (Å²) < 4.78 is 7.59. The average Bonchev–Trinajstić information content (AvgIpc) is 3.23. The molecule has 6 heteroatoms. The normalized spacial score (nSPS) is 14.7. The van der Waals surface area contributed by atoms with Gasteiger partial charge in [-0.2, -0.15) is 0 Å². The number of amides is 1. The van der Waals surface area contributed by atoms with Gasteiger partial charge in [-0.1, -0.05) is 18.2 Å². The first-order chi connectivity index (χ1) is 14.2. The SMILES string of the molecule is COc1ccccc1CC(=O)N1CCC(c2nccn2Cc2ccncc2)CC1. The van der Waals surface area contributed by atoms with Crippen molar-refractivity contribution in [3.05, 3.63) is 78.1 Å². The number of nitrogens with zero attached hydrogens (tertiary/aromatic N) is 4. The van der Waals surface area contributed by atoms with Crippen LogP contribution >= 0.6 is 0 Å². The summed E-state index contributed by atoms with van der Waals surface area (Å²) >= 11 is 0. The van der Waals surface area contributed by atoms with E-state index in [-0.39, 0.29) is 5.91 Å². The van der Waals surface area contributed by atoms with Crippen molar-refractivity contribution in [1.29, 1.82) is 0 Å². The van der Waals surface area contributed by atoms with Gasteiger partial charge in [-0.15, -0.1) is 0 Å². The molecule has 0 bridgehead atoms. The Morgan fingerprint density at radius 2 is 1.86 bits per heavy atom. The number of rotatable bonds is 6. The summed E-state index contributed by atoms with van der Waals surface area (Å²) in [5.41, 5.74) is 2.15. The summed E-state index contributed by atoms with van der Waals surface area (Å²) in [4.78, 5) is 23.5. The maximum absolute atomic E-state index is 12.8. The minimum Gasteiger partial charge on any atom is -0.496 e. The van der Waals surface area contributed by atoms with Crippen LogP contribution in [-0.4, -0.2) is 45.5 Å². The second-order valence-electron chi connectivity index (χ2n) is 7.41. The fraction of sp³-hybridized carbons (Fsp3) is 0.348. The summed E-state index contributed by atoms with van der Waals surface area (Å²) in [6, 6.07) is 11.8. The molecule has 1 aliphatic rings. The van der Waals surface area contributed by atoms with Crippen LogP contribution in [0.4, 0.5) is 0 Å². The second-order valence-corrected chi connectivity index (χ2v) is 7.41. The molecule has 3 heterocycles. The molecule has 0 unspecified atom stereocenters. The smallest absolute Gasteiger partial charge is 0.227 e. The van der Waals surface area contributed by atoms with Crippen molar-refractivity contribution in [3.63, 3.8) is 0 Å². The number of hydrogen-bond donors (Lipinski definition) is 0. The zero-order chi connectivity index (χ0) is 20.1. The van der Waals surface area contributed by atoms with Crippen LogP contribution in [0.25, 0.3) is 0 Å². The highest BCUT2D eigenvalue weighted by molar-refractivity contribution is 5.79. The number of imidazole rings is 1. The monoisotopic (exact) mass is 390 g/mol. The molecule has 29 heavy (non-hydrogen) atoms. The number of carbonyl (C=O) groups excluding carboxylic acids is 1. The Labute approximate surface area is 171 Å². The summed E-state index contributed by atoms with van der Waals surface area (Å²) in [6.07, 6.45) is 9.79. The number of carbonyl (C=O) groups is 1. The number of para-hydroxylation sites is 1. The molecule has 1 amide bonds. The molecular formula is C23H26N4O2. The Morgan fingerprint density at radius 1 is 1.10 bits per heavy atom. The van der Waals surface area contributed by atoms with E-state index >= 15 is 0 Å². The van der Waals surface area contributed by atoms with Gasteiger partial charge in [-0.3, -0.25) is 9.78 Å². The van der Waals surface area contributed by atoms with Gasteiger partial charge in [0.2, 0.25) is 5.91 Å². The molecular weight excluding hydrogens is 364 g/mol. The lowest BCUT2D eigenvalue weighted by atomic mass is 9.95. The first-order valence-electron chi connectivity index (χ1n) is 10.0. The summed E-state index contributed by atoms with van der Waals surface area (Å²) in [5, 5.41) is 0. The molecule has 1 fully saturated rings. The number of likely N-dealkylation sites (tertiary alicyclic amines) is 1. The van der Waals surface area contributed by atoms with E-state index in [9.17, 15) is 4.79 Å². The van der Waals surface area contributed by atoms with Gasteiger partial charge in [0.1, 0.15) is 11.6 Å². The Kier molecular flexibility index (Phi) is 5.89. The molecule has 6 nitrogen and oxygen atoms in total. The summed E-state index contributed by atoms with van der Waals surface area (Å²) in [7, 11) is 1.64. The minimum absolute atomic E-state index is 0.160. The largest absolute Gasteiger partial charge is 0.496 e. The molecule has 3 aromatic rings. The number of piperidine rings is 1. The predicted molar refractivity (Wildman–Crippen MR) is 111 cm³/mol. The van der Waals surface area contributed by atoms with Crippen molar-refractivity contribution in [2.24, 2.45) is 0 Å². The van der Waals surface area contributed by atoms with Gasteiger partial charge in [-0.05, 0) is 36.6 Å². The van der Waals surface area contributed by atoms with Crippen LogP contribution in [0.2, 0.25) is 0 Å². The molecule has 1 saturated heterocycles. The highest BCUT2D eigenvalue weighted by Crippen LogP contribution is 2.28. The minimum atomic E-state index is 0.160. The van der Waals surface area contributed by atoms with E-state index in [2.05, 4.69) is 14.5 Å². The lowest BCUT2D eigenvalue weighted by Crippen LogP contribution is -2.39. The van der Waals surface area contributed by atoms with Crippen LogP contribution < -0.4 is 4.74 Å². The first kappa shape index (κ1) is 19.2. The van der Waals surface area contributed by atoms with Crippen LogP contribution in [0, 0.1) is 0 Å². The van der Waals surface area contributed by atoms with Gasteiger partial charge in [0.15, 0.2) is 0 Å². The number of ether oxygens (including phenoxy) is 1. The molecule has 0 spiro atoms. The Morgan fingerprint density at radius 3 is 2.62 bits per heavy atom. The van der Waals surface area contributed by atoms with E-state index in [1.54, 1.807) is 7.11 Å². The van der Waals surface area contributed by atoms with Crippen molar-refractivity contribution in [3.8, 4) is 5.75 Å². The van der Waals surface area contributed by atoms with E-state index in [1.165, 1.54) is 5.56 Å². The fourth-order valence-corrected chi connectivity index (χ4v) is 4.01. The Bertz CT molecular complexity index is 946. The molecule has 0 aliphatic carbocycles. The summed E-state index contributed by atoms with van der Waals surface area (Å²) in [6.45, 7) is 2.33. The quantitative estimate of drug-likeness (QED) is 0.648. The van der Waals surface area contributed by atoms with Gasteiger partial charge in [0.25, 0.3) is 0 Å². The van der Waals surface area contributed by atoms with E-state index < -0.39 is 0 Å². The lowest BCUT2D eigenvalue weighted by Gasteiger charge is -2.32. The van der Waals surface area contributed by atoms with Crippen molar-refractivity contribution in [2.45, 2.75) is 31.7 Å². The van der Waals surface area contributed by atoms with Gasteiger partial charge < -0.3 is 14.2 Å². The highest BCUT2D eigenvalue weighted by atomic mass is 16.5. The van der Waals surface area contributed by atoms with E-state index in [1.807, 2.05) is 66.1 Å². The third-order valence-electron chi connectivity index (χ3n) is 5.60. The van der Waals surface area contributed by atoms with E-state index in [4.69, 9.17) is 4.74 Å². The number of methoxy groups -OCH3 is 1. The lowest BCUT2D eigenvalue weighted by molar-refractivity contribution is -0.131. The van der Waals surface area contributed by atoms with Crippen LogP contribution in [0.1, 0.15) is 35.7 Å². The molecule has 150 valence electrons. The van der Waals surface area contributed by atoms with Crippen LogP contribution in [-0.2, 0) is 17.8 Å². The maximum atomic E-state index is 12.8. The zero-order valence-electron chi connectivity index (χ0n) is 16.7. The first-order valence-corrected chi connectivity index (χ1v) is 10.0. The maximum Gasteiger partial charge on any atom is 0.227 e. The van der Waals surface area contributed by atoms with Crippen LogP contribution in [0.5, 0.6) is 5.75 Å². The standard InChI is InChI=1S/C23H26N4O2/c1-29-21-5-3-2-4-20(21)16-22(28)26-13-8-19(9-14-26)23-25-12-15-27(23)17-18-6-10-24-11-7-18/h2-7,10-12,15,19H,8-9,13-14,16-17H2,1H3. The zero-order valence-corrected chi connectivity index (χ0v) is 16.7. The summed E-state index contributed by atoms with van der Waals surface area (Å²) in [5.74, 6) is 2.42. The molecule has 0 N–H and O–H groups in total. The second kappa shape index (κ2) is 8.90. The molecule has 2 aromatic heterocycles. The van der Waals surface area contributed by atoms with Gasteiger partial charge in [0, 0.05) is 55.9 Å². The average molecular weight is 390 g/mol. The number of aromatic nitrogens is 3. The van der Waals surface area contributed by atoms with E-state index in [0.717, 1.165) is 49.6 Å². The third kappa shape index (κ3) is 4.47. The van der Waals surface area contributed by atoms with Gasteiger partial charge in [0.05, 0.1) is 13.5 Å². The third-order valence-corrected chi connectivity index (χ3v) is 5.60. The van der Waals surface area contributed by atoms with Crippen LogP contribution in [0.15, 0.2) is 61.2 Å². The Balaban J connectivity index is 1.36. The van der Waals surface area contributed by atoms with Crippen molar-refractivity contribution in [2.75, 3.05) is 20.2 Å². The highest BCUT2D eigenvalue weighted by Gasteiger charge is 2.26. The fourth-order valence-electron chi connectivity index (χ4n) is 4.01. The van der Waals surface area contributed by atoms with Crippen molar-refractivity contribution >= 4 is 5.91 Å². The molecule has 0 atom stereocenters. The number of benzene rings is 1. The van der Waals surface area contributed by atoms with Gasteiger partial charge in [-0.25, -0.2) is 4.98 Å². The number of hydrogen-bond acceptors (Lipinski definition) is 4. The van der Waals surface area contributed by atoms with Gasteiger partial charge >= 0.3 is 0 Å². The van der Waals surface area contributed by atoms with Crippen molar-refractivity contribution < 1.29 is 9.53 Å². The predicted octanol–water partition coefficient (Wildman–Crippen LogP) is 3.28. The van der Waals surface area contributed by atoms with E-state index in [0.29, 0.717) is 12.3 Å². The molecule has 0 radical (unpaired) electrons. The molecule has 4 rings (SSSR count). The molecule has 1 aromatic carbocycles. The molecule has 1 aliphatic heterocycles. The Hall–Kier alpha value is -3.15.